The standard InChI is InChI=1S/C12H18O4/c1-4-5-6-7-8-12(2,15)10(13)9-11(14)16-3/h5-8,15H,4,9H2,1-3H3/b6-5+,8-7+/t12-/m0/s1. The maximum Gasteiger partial charge on any atom is 0.313 e. The van der Waals surface area contributed by atoms with E-state index in [1.165, 1.54) is 20.1 Å². The second-order valence-corrected chi connectivity index (χ2v) is 3.52. The average molecular weight is 226 g/mol. The number of esters is 1. The Balaban J connectivity index is 4.41. The van der Waals surface area contributed by atoms with Crippen LogP contribution in [0.1, 0.15) is 26.7 Å². The molecule has 0 aliphatic carbocycles. The van der Waals surface area contributed by atoms with Crippen molar-refractivity contribution in [2.45, 2.75) is 32.3 Å². The summed E-state index contributed by atoms with van der Waals surface area (Å²) in [7, 11) is 1.20. The van der Waals surface area contributed by atoms with E-state index in [1.807, 2.05) is 13.0 Å². The number of hydrogen-bond donors (Lipinski definition) is 1. The van der Waals surface area contributed by atoms with Crippen LogP contribution >= 0.6 is 0 Å². The summed E-state index contributed by atoms with van der Waals surface area (Å²) >= 11 is 0. The Hall–Kier alpha value is -1.42. The zero-order chi connectivity index (χ0) is 12.6. The van der Waals surface area contributed by atoms with Gasteiger partial charge in [0.15, 0.2) is 5.78 Å². The number of methoxy groups -OCH3 is 1. The van der Waals surface area contributed by atoms with Gasteiger partial charge in [0.1, 0.15) is 12.0 Å². The molecule has 0 spiro atoms. The molecule has 0 aromatic carbocycles. The first kappa shape index (κ1) is 14.6. The molecule has 0 aliphatic heterocycles. The number of Topliss-reactive ketones (excluding diaryl/α,β-unsaturated/α-hetero) is 1. The molecule has 0 amide bonds. The van der Waals surface area contributed by atoms with Gasteiger partial charge in [-0.3, -0.25) is 9.59 Å². The SMILES string of the molecule is CC/C=C/C=C/[C@](C)(O)C(=O)CC(=O)OC. The average Bonchev–Trinajstić information content (AvgIpc) is 2.24. The monoisotopic (exact) mass is 226 g/mol. The zero-order valence-corrected chi connectivity index (χ0v) is 9.90. The third kappa shape index (κ3) is 5.46. The van der Waals surface area contributed by atoms with Crippen molar-refractivity contribution < 1.29 is 19.4 Å². The number of aliphatic hydroxyl groups is 1. The van der Waals surface area contributed by atoms with Gasteiger partial charge in [0.2, 0.25) is 0 Å². The van der Waals surface area contributed by atoms with Crippen LogP contribution in [0.3, 0.4) is 0 Å². The van der Waals surface area contributed by atoms with Crippen molar-refractivity contribution in [1.29, 1.82) is 0 Å². The fraction of sp³-hybridized carbons (Fsp3) is 0.500. The molecular weight excluding hydrogens is 208 g/mol. The number of ether oxygens (including phenoxy) is 1. The van der Waals surface area contributed by atoms with Crippen LogP contribution in [-0.2, 0) is 14.3 Å². The molecule has 0 saturated heterocycles. The third-order valence-corrected chi connectivity index (χ3v) is 2.00. The Morgan fingerprint density at radius 1 is 1.38 bits per heavy atom. The first-order chi connectivity index (χ1) is 7.44. The molecule has 4 heteroatoms. The van der Waals surface area contributed by atoms with Gasteiger partial charge in [-0.15, -0.1) is 0 Å². The number of carbonyl (C=O) groups excluding carboxylic acids is 2. The van der Waals surface area contributed by atoms with Crippen molar-refractivity contribution in [3.63, 3.8) is 0 Å². The smallest absolute Gasteiger partial charge is 0.313 e. The summed E-state index contributed by atoms with van der Waals surface area (Å²) in [5.41, 5.74) is -1.63. The molecule has 0 saturated carbocycles. The van der Waals surface area contributed by atoms with E-state index in [0.717, 1.165) is 6.42 Å². The Labute approximate surface area is 95.6 Å². The van der Waals surface area contributed by atoms with E-state index in [1.54, 1.807) is 12.2 Å². The summed E-state index contributed by atoms with van der Waals surface area (Å²) in [6, 6.07) is 0. The molecule has 0 fully saturated rings. The minimum atomic E-state index is -1.63. The van der Waals surface area contributed by atoms with E-state index in [0.29, 0.717) is 0 Å². The first-order valence-electron chi connectivity index (χ1n) is 5.11. The van der Waals surface area contributed by atoms with Gasteiger partial charge in [0, 0.05) is 0 Å². The van der Waals surface area contributed by atoms with Crippen molar-refractivity contribution in [2.75, 3.05) is 7.11 Å². The molecule has 16 heavy (non-hydrogen) atoms. The summed E-state index contributed by atoms with van der Waals surface area (Å²) in [4.78, 5) is 22.3. The summed E-state index contributed by atoms with van der Waals surface area (Å²) in [5, 5.41) is 9.75. The number of carbonyl (C=O) groups is 2. The summed E-state index contributed by atoms with van der Waals surface area (Å²) < 4.78 is 4.35. The van der Waals surface area contributed by atoms with Gasteiger partial charge in [-0.25, -0.2) is 0 Å². The van der Waals surface area contributed by atoms with Crippen LogP contribution in [0.5, 0.6) is 0 Å². The van der Waals surface area contributed by atoms with Gasteiger partial charge < -0.3 is 9.84 Å². The van der Waals surface area contributed by atoms with E-state index in [-0.39, 0.29) is 0 Å². The van der Waals surface area contributed by atoms with Gasteiger partial charge >= 0.3 is 5.97 Å². The predicted molar refractivity (Wildman–Crippen MR) is 60.8 cm³/mol. The highest BCUT2D eigenvalue weighted by Gasteiger charge is 2.28. The van der Waals surface area contributed by atoms with Crippen LogP contribution in [0, 0.1) is 0 Å². The minimum absolute atomic E-state index is 0.425. The molecule has 0 aliphatic rings. The first-order valence-corrected chi connectivity index (χ1v) is 5.11. The van der Waals surface area contributed by atoms with Crippen LogP contribution in [0.25, 0.3) is 0 Å². The highest BCUT2D eigenvalue weighted by Crippen LogP contribution is 2.10. The largest absolute Gasteiger partial charge is 0.469 e. The molecule has 1 N–H and O–H groups in total. The van der Waals surface area contributed by atoms with E-state index >= 15 is 0 Å². The topological polar surface area (TPSA) is 63.6 Å². The summed E-state index contributed by atoms with van der Waals surface area (Å²) in [5.74, 6) is -1.23. The van der Waals surface area contributed by atoms with Crippen molar-refractivity contribution in [3.8, 4) is 0 Å². The molecule has 4 nitrogen and oxygen atoms in total. The number of rotatable bonds is 6. The Morgan fingerprint density at radius 3 is 2.50 bits per heavy atom. The molecule has 0 aromatic rings. The van der Waals surface area contributed by atoms with E-state index < -0.39 is 23.8 Å². The van der Waals surface area contributed by atoms with Gasteiger partial charge in [-0.05, 0) is 19.4 Å². The van der Waals surface area contributed by atoms with Gasteiger partial charge in [-0.2, -0.15) is 0 Å². The lowest BCUT2D eigenvalue weighted by molar-refractivity contribution is -0.147. The predicted octanol–water partition coefficient (Wildman–Crippen LogP) is 1.39. The third-order valence-electron chi connectivity index (χ3n) is 2.00. The molecular formula is C12H18O4. The Morgan fingerprint density at radius 2 is 2.00 bits per heavy atom. The highest BCUT2D eigenvalue weighted by atomic mass is 16.5. The van der Waals surface area contributed by atoms with Gasteiger partial charge in [-0.1, -0.05) is 25.2 Å². The summed E-state index contributed by atoms with van der Waals surface area (Å²) in [6.07, 6.45) is 7.01. The molecule has 90 valence electrons. The number of allylic oxidation sites excluding steroid dienone is 3. The second-order valence-electron chi connectivity index (χ2n) is 3.52. The Kier molecular flexibility index (Phi) is 6.34. The molecule has 0 radical (unpaired) electrons. The zero-order valence-electron chi connectivity index (χ0n) is 9.90. The van der Waals surface area contributed by atoms with Crippen molar-refractivity contribution in [2.24, 2.45) is 0 Å². The highest BCUT2D eigenvalue weighted by molar-refractivity contribution is 6.01. The van der Waals surface area contributed by atoms with E-state index in [2.05, 4.69) is 4.74 Å². The molecule has 0 bridgehead atoms. The van der Waals surface area contributed by atoms with Crippen LogP contribution in [0.4, 0.5) is 0 Å². The summed E-state index contributed by atoms with van der Waals surface area (Å²) in [6.45, 7) is 3.32. The normalized spacial score (nSPS) is 15.2. The lowest BCUT2D eigenvalue weighted by atomic mass is 9.98. The Bertz CT molecular complexity index is 300. The molecule has 0 unspecified atom stereocenters. The fourth-order valence-corrected chi connectivity index (χ4v) is 0.933. The van der Waals surface area contributed by atoms with Crippen molar-refractivity contribution >= 4 is 11.8 Å². The molecule has 0 rings (SSSR count). The number of hydrogen-bond acceptors (Lipinski definition) is 4. The van der Waals surface area contributed by atoms with Crippen LogP contribution in [0.2, 0.25) is 0 Å². The quantitative estimate of drug-likeness (QED) is 0.422. The maximum absolute atomic E-state index is 11.5. The number of ketones is 1. The fourth-order valence-electron chi connectivity index (χ4n) is 0.933. The second kappa shape index (κ2) is 6.95. The molecule has 0 aromatic heterocycles. The lowest BCUT2D eigenvalue weighted by Gasteiger charge is -2.16. The molecule has 0 heterocycles. The lowest BCUT2D eigenvalue weighted by Crippen LogP contribution is -2.34. The minimum Gasteiger partial charge on any atom is -0.469 e. The molecule has 1 atom stereocenters. The van der Waals surface area contributed by atoms with Gasteiger partial charge in [0.25, 0.3) is 0 Å². The van der Waals surface area contributed by atoms with Gasteiger partial charge in [0.05, 0.1) is 7.11 Å². The van der Waals surface area contributed by atoms with Crippen LogP contribution in [-0.4, -0.2) is 29.6 Å². The van der Waals surface area contributed by atoms with Crippen molar-refractivity contribution in [3.05, 3.63) is 24.3 Å². The van der Waals surface area contributed by atoms with E-state index in [9.17, 15) is 14.7 Å². The van der Waals surface area contributed by atoms with Crippen molar-refractivity contribution in [1.82, 2.24) is 0 Å². The van der Waals surface area contributed by atoms with Crippen LogP contribution in [0.15, 0.2) is 24.3 Å². The van der Waals surface area contributed by atoms with Crippen LogP contribution < -0.4 is 0 Å². The van der Waals surface area contributed by atoms with E-state index in [4.69, 9.17) is 0 Å². The maximum atomic E-state index is 11.5.